The summed E-state index contributed by atoms with van der Waals surface area (Å²) in [5.74, 6) is 0.521. The van der Waals surface area contributed by atoms with Crippen molar-refractivity contribution in [3.8, 4) is 5.75 Å². The van der Waals surface area contributed by atoms with Gasteiger partial charge in [0.2, 0.25) is 0 Å². The summed E-state index contributed by atoms with van der Waals surface area (Å²) in [6.45, 7) is 3.73. The molecule has 1 fully saturated rings. The van der Waals surface area contributed by atoms with Gasteiger partial charge in [0, 0.05) is 18.4 Å². The van der Waals surface area contributed by atoms with Gasteiger partial charge in [0.05, 0.1) is 0 Å². The van der Waals surface area contributed by atoms with Crippen molar-refractivity contribution in [3.05, 3.63) is 29.8 Å². The van der Waals surface area contributed by atoms with E-state index >= 15 is 0 Å². The van der Waals surface area contributed by atoms with Gasteiger partial charge in [-0.05, 0) is 30.7 Å². The van der Waals surface area contributed by atoms with Crippen LogP contribution in [0.3, 0.4) is 0 Å². The molecule has 1 saturated heterocycles. The monoisotopic (exact) mass is 219 g/mol. The Morgan fingerprint density at radius 3 is 2.69 bits per heavy atom. The van der Waals surface area contributed by atoms with Crippen molar-refractivity contribution in [2.75, 3.05) is 13.1 Å². The molecule has 1 atom stereocenters. The first-order valence-corrected chi connectivity index (χ1v) is 5.62. The molecule has 0 aromatic heterocycles. The summed E-state index contributed by atoms with van der Waals surface area (Å²) in [4.78, 5) is 12.1. The van der Waals surface area contributed by atoms with E-state index in [0.29, 0.717) is 6.42 Å². The lowest BCUT2D eigenvalue weighted by Gasteiger charge is -2.20. The smallest absolute Gasteiger partial charge is 0.144 e. The highest BCUT2D eigenvalue weighted by atomic mass is 16.3. The number of phenolic OH excluding ortho intramolecular Hbond substituents is 1. The van der Waals surface area contributed by atoms with Crippen LogP contribution in [0.2, 0.25) is 0 Å². The van der Waals surface area contributed by atoms with Crippen molar-refractivity contribution in [1.29, 1.82) is 0 Å². The summed E-state index contributed by atoms with van der Waals surface area (Å²) in [6, 6.07) is 6.85. The summed E-state index contributed by atoms with van der Waals surface area (Å²) in [6.07, 6.45) is 1.38. The van der Waals surface area contributed by atoms with Crippen LogP contribution in [-0.2, 0) is 11.2 Å². The number of rotatable bonds is 3. The Labute approximate surface area is 95.5 Å². The molecule has 1 heterocycles. The van der Waals surface area contributed by atoms with Crippen LogP contribution in [0.25, 0.3) is 0 Å². The lowest BCUT2D eigenvalue weighted by Crippen LogP contribution is -2.31. The number of benzene rings is 1. The van der Waals surface area contributed by atoms with E-state index in [4.69, 9.17) is 5.11 Å². The van der Waals surface area contributed by atoms with E-state index < -0.39 is 0 Å². The van der Waals surface area contributed by atoms with Crippen molar-refractivity contribution in [2.45, 2.75) is 19.8 Å². The first kappa shape index (κ1) is 11.1. The maximum absolute atomic E-state index is 12.1. The molecule has 0 saturated carbocycles. The van der Waals surface area contributed by atoms with Crippen LogP contribution in [-0.4, -0.2) is 24.0 Å². The third-order valence-corrected chi connectivity index (χ3v) is 3.34. The Balaban J connectivity index is 2.04. The third-order valence-electron chi connectivity index (χ3n) is 3.34. The Morgan fingerprint density at radius 1 is 1.44 bits per heavy atom. The molecule has 3 heteroatoms. The van der Waals surface area contributed by atoms with Crippen LogP contribution in [0.15, 0.2) is 24.3 Å². The van der Waals surface area contributed by atoms with Gasteiger partial charge in [-0.1, -0.05) is 19.1 Å². The van der Waals surface area contributed by atoms with Gasteiger partial charge in [0.15, 0.2) is 0 Å². The molecule has 1 aliphatic heterocycles. The first-order valence-electron chi connectivity index (χ1n) is 5.62. The van der Waals surface area contributed by atoms with E-state index in [2.05, 4.69) is 5.32 Å². The van der Waals surface area contributed by atoms with Gasteiger partial charge in [0.1, 0.15) is 11.5 Å². The van der Waals surface area contributed by atoms with Crippen molar-refractivity contribution >= 4 is 5.78 Å². The van der Waals surface area contributed by atoms with Crippen molar-refractivity contribution in [3.63, 3.8) is 0 Å². The molecule has 0 amide bonds. The topological polar surface area (TPSA) is 49.3 Å². The highest BCUT2D eigenvalue weighted by molar-refractivity contribution is 5.87. The maximum atomic E-state index is 12.1. The normalized spacial score (nSPS) is 24.6. The lowest BCUT2D eigenvalue weighted by molar-refractivity contribution is -0.126. The standard InChI is InChI=1S/C13H17NO2/c1-13(6-7-14-9-13)12(16)8-10-2-4-11(15)5-3-10/h2-5,14-15H,6-9H2,1H3. The summed E-state index contributed by atoms with van der Waals surface area (Å²) in [7, 11) is 0. The number of hydrogen-bond acceptors (Lipinski definition) is 3. The summed E-state index contributed by atoms with van der Waals surface area (Å²) < 4.78 is 0. The largest absolute Gasteiger partial charge is 0.508 e. The van der Waals surface area contributed by atoms with E-state index in [9.17, 15) is 4.79 Å². The van der Waals surface area contributed by atoms with Crippen LogP contribution in [0.4, 0.5) is 0 Å². The molecule has 1 aromatic rings. The number of phenols is 1. The zero-order valence-electron chi connectivity index (χ0n) is 9.49. The second-order valence-corrected chi connectivity index (χ2v) is 4.75. The summed E-state index contributed by atoms with van der Waals surface area (Å²) in [5, 5.41) is 12.4. The van der Waals surface area contributed by atoms with E-state index in [1.165, 1.54) is 0 Å². The van der Waals surface area contributed by atoms with E-state index in [-0.39, 0.29) is 16.9 Å². The van der Waals surface area contributed by atoms with Crippen molar-refractivity contribution < 1.29 is 9.90 Å². The number of hydrogen-bond donors (Lipinski definition) is 2. The maximum Gasteiger partial charge on any atom is 0.144 e. The quantitative estimate of drug-likeness (QED) is 0.810. The van der Waals surface area contributed by atoms with Gasteiger partial charge in [-0.2, -0.15) is 0 Å². The molecule has 0 radical (unpaired) electrons. The molecule has 1 unspecified atom stereocenters. The molecular weight excluding hydrogens is 202 g/mol. The predicted molar refractivity (Wildman–Crippen MR) is 62.4 cm³/mol. The molecule has 0 spiro atoms. The Kier molecular flexibility index (Phi) is 2.97. The Bertz CT molecular complexity index is 377. The van der Waals surface area contributed by atoms with Crippen LogP contribution in [0.1, 0.15) is 18.9 Å². The van der Waals surface area contributed by atoms with Crippen LogP contribution < -0.4 is 5.32 Å². The molecule has 1 aliphatic rings. The molecule has 0 bridgehead atoms. The van der Waals surface area contributed by atoms with Gasteiger partial charge < -0.3 is 10.4 Å². The minimum absolute atomic E-state index is 0.210. The molecule has 0 aliphatic carbocycles. The van der Waals surface area contributed by atoms with Gasteiger partial charge in [0.25, 0.3) is 0 Å². The molecular formula is C13H17NO2. The second-order valence-electron chi connectivity index (χ2n) is 4.75. The third kappa shape index (κ3) is 2.25. The molecule has 16 heavy (non-hydrogen) atoms. The summed E-state index contributed by atoms with van der Waals surface area (Å²) in [5.41, 5.74) is 0.758. The average molecular weight is 219 g/mol. The van der Waals surface area contributed by atoms with E-state index in [1.54, 1.807) is 24.3 Å². The fourth-order valence-electron chi connectivity index (χ4n) is 2.07. The zero-order chi connectivity index (χ0) is 11.6. The number of Topliss-reactive ketones (excluding diaryl/α,β-unsaturated/α-hetero) is 1. The fourth-order valence-corrected chi connectivity index (χ4v) is 2.07. The Morgan fingerprint density at radius 2 is 2.12 bits per heavy atom. The highest BCUT2D eigenvalue weighted by Crippen LogP contribution is 2.27. The molecule has 86 valence electrons. The molecule has 2 N–H and O–H groups in total. The van der Waals surface area contributed by atoms with Crippen LogP contribution in [0.5, 0.6) is 5.75 Å². The van der Waals surface area contributed by atoms with Gasteiger partial charge >= 0.3 is 0 Å². The van der Waals surface area contributed by atoms with Crippen LogP contribution in [0, 0.1) is 5.41 Å². The van der Waals surface area contributed by atoms with Crippen molar-refractivity contribution in [1.82, 2.24) is 5.32 Å². The SMILES string of the molecule is CC1(C(=O)Cc2ccc(O)cc2)CCNC1. The highest BCUT2D eigenvalue weighted by Gasteiger charge is 2.35. The van der Waals surface area contributed by atoms with Gasteiger partial charge in [-0.25, -0.2) is 0 Å². The van der Waals surface area contributed by atoms with E-state index in [0.717, 1.165) is 25.1 Å². The first-order chi connectivity index (χ1) is 7.60. The van der Waals surface area contributed by atoms with Crippen LogP contribution >= 0.6 is 0 Å². The number of carbonyl (C=O) groups excluding carboxylic acids is 1. The number of aromatic hydroxyl groups is 1. The Hall–Kier alpha value is -1.35. The predicted octanol–water partition coefficient (Wildman–Crippen LogP) is 1.50. The number of carbonyl (C=O) groups is 1. The number of nitrogens with one attached hydrogen (secondary N) is 1. The fraction of sp³-hybridized carbons (Fsp3) is 0.462. The molecule has 3 nitrogen and oxygen atoms in total. The molecule has 2 rings (SSSR count). The minimum Gasteiger partial charge on any atom is -0.508 e. The van der Waals surface area contributed by atoms with Crippen molar-refractivity contribution in [2.24, 2.45) is 5.41 Å². The van der Waals surface area contributed by atoms with Gasteiger partial charge in [-0.15, -0.1) is 0 Å². The average Bonchev–Trinajstić information content (AvgIpc) is 2.70. The lowest BCUT2D eigenvalue weighted by atomic mass is 9.82. The minimum atomic E-state index is -0.210. The number of ketones is 1. The summed E-state index contributed by atoms with van der Waals surface area (Å²) >= 11 is 0. The zero-order valence-corrected chi connectivity index (χ0v) is 9.49. The second kappa shape index (κ2) is 4.26. The van der Waals surface area contributed by atoms with E-state index in [1.807, 2.05) is 6.92 Å². The van der Waals surface area contributed by atoms with Gasteiger partial charge in [-0.3, -0.25) is 4.79 Å². The molecule has 1 aromatic carbocycles.